The van der Waals surface area contributed by atoms with Crippen LogP contribution in [0.4, 0.5) is 4.79 Å². The lowest BCUT2D eigenvalue weighted by Gasteiger charge is -2.29. The van der Waals surface area contributed by atoms with Gasteiger partial charge in [0, 0.05) is 19.5 Å². The summed E-state index contributed by atoms with van der Waals surface area (Å²) in [6.45, 7) is 11.3. The number of carbonyl (C=O) groups is 3. The van der Waals surface area contributed by atoms with Gasteiger partial charge in [-0.1, -0.05) is 60.7 Å². The molecule has 5 rings (SSSR count). The normalized spacial score (nSPS) is 21.9. The highest BCUT2D eigenvalue weighted by Crippen LogP contribution is 2.49. The van der Waals surface area contributed by atoms with E-state index in [4.69, 9.17) is 28.0 Å². The van der Waals surface area contributed by atoms with Gasteiger partial charge in [-0.15, -0.1) is 0 Å². The Kier molecular flexibility index (Phi) is 10.9. The van der Waals surface area contributed by atoms with E-state index in [9.17, 15) is 18.9 Å². The molecule has 1 N–H and O–H groups in total. The second kappa shape index (κ2) is 14.7. The van der Waals surface area contributed by atoms with Crippen LogP contribution < -0.4 is 9.84 Å². The van der Waals surface area contributed by atoms with Crippen molar-refractivity contribution in [2.24, 2.45) is 5.41 Å². The minimum atomic E-state index is -3.85. The van der Waals surface area contributed by atoms with E-state index in [0.717, 1.165) is 27.8 Å². The zero-order valence-corrected chi connectivity index (χ0v) is 29.7. The Morgan fingerprint density at radius 1 is 0.918 bits per heavy atom. The molecule has 12 heteroatoms. The Bertz CT molecular complexity index is 1670. The first-order chi connectivity index (χ1) is 23.1. The first-order valence-electron chi connectivity index (χ1n) is 16.3. The average Bonchev–Trinajstić information content (AvgIpc) is 3.52. The van der Waals surface area contributed by atoms with Crippen molar-refractivity contribution in [3.05, 3.63) is 89.5 Å². The summed E-state index contributed by atoms with van der Waals surface area (Å²) in [5.41, 5.74) is 4.32. The number of rotatable bonds is 11. The topological polar surface area (TPSA) is 136 Å². The third-order valence-corrected chi connectivity index (χ3v) is 9.65. The van der Waals surface area contributed by atoms with Gasteiger partial charge in [0.1, 0.15) is 37.3 Å². The van der Waals surface area contributed by atoms with Crippen LogP contribution in [0.1, 0.15) is 64.2 Å². The molecule has 3 aromatic carbocycles. The molecule has 1 fully saturated rings. The van der Waals surface area contributed by atoms with E-state index in [-0.39, 0.29) is 24.9 Å². The number of benzene rings is 3. The lowest BCUT2D eigenvalue weighted by molar-refractivity contribution is -0.158. The average molecular weight is 694 g/mol. The van der Waals surface area contributed by atoms with E-state index >= 15 is 0 Å². The summed E-state index contributed by atoms with van der Waals surface area (Å²) in [4.78, 5) is 37.3. The third-order valence-electron chi connectivity index (χ3n) is 8.49. The predicted octanol–water partition coefficient (Wildman–Crippen LogP) is 7.01. The number of hydrogen-bond donors (Lipinski definition) is 1. The molecule has 0 bridgehead atoms. The molecule has 1 amide bonds. The van der Waals surface area contributed by atoms with Crippen LogP contribution in [0.5, 0.6) is 5.75 Å². The van der Waals surface area contributed by atoms with Gasteiger partial charge in [-0.3, -0.25) is 14.1 Å². The summed E-state index contributed by atoms with van der Waals surface area (Å²) in [6, 6.07) is 21.8. The molecular weight excluding hydrogens is 649 g/mol. The molecule has 11 nitrogen and oxygen atoms in total. The molecule has 1 aliphatic carbocycles. The number of ether oxygens (including phenoxy) is 4. The molecule has 0 saturated carbocycles. The fourth-order valence-corrected chi connectivity index (χ4v) is 7.41. The van der Waals surface area contributed by atoms with Gasteiger partial charge < -0.3 is 28.8 Å². The van der Waals surface area contributed by atoms with Crippen LogP contribution in [-0.4, -0.2) is 61.8 Å². The zero-order chi connectivity index (χ0) is 35.5. The van der Waals surface area contributed by atoms with Crippen LogP contribution in [0.15, 0.2) is 72.8 Å². The third kappa shape index (κ3) is 8.71. The highest BCUT2D eigenvalue weighted by Gasteiger charge is 2.48. The van der Waals surface area contributed by atoms with Gasteiger partial charge in [-0.2, -0.15) is 0 Å². The lowest BCUT2D eigenvalue weighted by Crippen LogP contribution is -2.49. The second-order valence-electron chi connectivity index (χ2n) is 13.5. The molecule has 1 heterocycles. The summed E-state index contributed by atoms with van der Waals surface area (Å²) in [5, 5.41) is 2.88. The Labute approximate surface area is 287 Å². The molecule has 6 atom stereocenters. The number of hydrogen-bond acceptors (Lipinski definition) is 10. The first kappa shape index (κ1) is 36.1. The van der Waals surface area contributed by atoms with Gasteiger partial charge >= 0.3 is 25.6 Å². The SMILES string of the molecule is CC(=O)OCc1ccc(OP(C)(=O)OC2[C@@H](COC(=O)C(C)(C)C)O[C@@H](C)[C@H]2NC(=O)OC(C)C2c3ccccc3-c3ccccc32)cc1. The van der Waals surface area contributed by atoms with Crippen molar-refractivity contribution in [3.63, 3.8) is 0 Å². The minimum absolute atomic E-state index is 0.0873. The van der Waals surface area contributed by atoms with Crippen molar-refractivity contribution in [1.29, 1.82) is 0 Å². The summed E-state index contributed by atoms with van der Waals surface area (Å²) in [5.74, 6) is -0.765. The standard InChI is InChI=1S/C37H44NO10P/c1-22(32-29-14-10-8-12-27(29)28-13-9-11-15-30(28)32)46-36(41)38-33-23(2)45-31(21-44-35(40)37(4,5)6)34(33)48-49(7,42)47-26-18-16-25(17-19-26)20-43-24(3)39/h8-19,22-23,31-34H,20-21H2,1-7H3,(H,38,41)/t22?,23-,31+,33+,34?,49?/m0/s1. The first-order valence-corrected chi connectivity index (χ1v) is 18.3. The van der Waals surface area contributed by atoms with E-state index in [0.29, 0.717) is 0 Å². The summed E-state index contributed by atoms with van der Waals surface area (Å²) < 4.78 is 48.3. The number of amides is 1. The summed E-state index contributed by atoms with van der Waals surface area (Å²) in [6.07, 6.45) is -3.77. The van der Waals surface area contributed by atoms with Crippen LogP contribution in [0.2, 0.25) is 0 Å². The van der Waals surface area contributed by atoms with Gasteiger partial charge in [0.05, 0.1) is 17.6 Å². The molecule has 262 valence electrons. The Morgan fingerprint density at radius 3 is 2.08 bits per heavy atom. The van der Waals surface area contributed by atoms with E-state index in [1.165, 1.54) is 13.6 Å². The van der Waals surface area contributed by atoms with Crippen LogP contribution in [0.25, 0.3) is 11.1 Å². The van der Waals surface area contributed by atoms with Crippen molar-refractivity contribution >= 4 is 25.6 Å². The monoisotopic (exact) mass is 693 g/mol. The quantitative estimate of drug-likeness (QED) is 0.127. The molecule has 0 spiro atoms. The van der Waals surface area contributed by atoms with Gasteiger partial charge in [-0.25, -0.2) is 9.36 Å². The molecule has 2 aliphatic rings. The van der Waals surface area contributed by atoms with Crippen LogP contribution in [0, 0.1) is 5.41 Å². The Morgan fingerprint density at radius 2 is 1.51 bits per heavy atom. The summed E-state index contributed by atoms with van der Waals surface area (Å²) in [7, 11) is -3.85. The van der Waals surface area contributed by atoms with Crippen LogP contribution in [0.3, 0.4) is 0 Å². The van der Waals surface area contributed by atoms with Crippen LogP contribution in [-0.2, 0) is 44.2 Å². The molecule has 3 aromatic rings. The maximum atomic E-state index is 13.8. The van der Waals surface area contributed by atoms with Gasteiger partial charge in [-0.05, 0) is 74.6 Å². The van der Waals surface area contributed by atoms with Crippen molar-refractivity contribution in [2.75, 3.05) is 13.3 Å². The molecule has 0 aromatic heterocycles. The number of esters is 2. The van der Waals surface area contributed by atoms with Crippen molar-refractivity contribution < 1.29 is 46.9 Å². The fraction of sp³-hybridized carbons (Fsp3) is 0.432. The predicted molar refractivity (Wildman–Crippen MR) is 182 cm³/mol. The van der Waals surface area contributed by atoms with Crippen LogP contribution >= 0.6 is 7.60 Å². The molecule has 1 saturated heterocycles. The zero-order valence-electron chi connectivity index (χ0n) is 28.8. The summed E-state index contributed by atoms with van der Waals surface area (Å²) >= 11 is 0. The highest BCUT2D eigenvalue weighted by atomic mass is 31.2. The lowest BCUT2D eigenvalue weighted by atomic mass is 9.92. The van der Waals surface area contributed by atoms with Crippen molar-refractivity contribution in [1.82, 2.24) is 5.32 Å². The van der Waals surface area contributed by atoms with E-state index in [1.54, 1.807) is 52.0 Å². The number of fused-ring (bicyclic) bond motifs is 3. The Hall–Kier alpha value is -4.18. The van der Waals surface area contributed by atoms with Crippen molar-refractivity contribution in [2.45, 2.75) is 84.5 Å². The second-order valence-corrected chi connectivity index (χ2v) is 15.5. The molecule has 1 aliphatic heterocycles. The number of alkyl carbamates (subject to hydrolysis) is 1. The smallest absolute Gasteiger partial charge is 0.407 e. The largest absolute Gasteiger partial charge is 0.462 e. The van der Waals surface area contributed by atoms with E-state index < -0.39 is 61.5 Å². The minimum Gasteiger partial charge on any atom is -0.462 e. The highest BCUT2D eigenvalue weighted by molar-refractivity contribution is 7.53. The van der Waals surface area contributed by atoms with Gasteiger partial charge in [0.25, 0.3) is 0 Å². The molecule has 3 unspecified atom stereocenters. The number of carbonyl (C=O) groups excluding carboxylic acids is 3. The maximum absolute atomic E-state index is 13.8. The fourth-order valence-electron chi connectivity index (χ4n) is 6.15. The molecule has 49 heavy (non-hydrogen) atoms. The van der Waals surface area contributed by atoms with Gasteiger partial charge in [0.2, 0.25) is 0 Å². The number of nitrogens with one attached hydrogen (secondary N) is 1. The maximum Gasteiger partial charge on any atom is 0.407 e. The van der Waals surface area contributed by atoms with E-state index in [1.807, 2.05) is 43.3 Å². The van der Waals surface area contributed by atoms with Crippen molar-refractivity contribution in [3.8, 4) is 16.9 Å². The Balaban J connectivity index is 1.31. The van der Waals surface area contributed by atoms with E-state index in [2.05, 4.69) is 17.4 Å². The molecule has 0 radical (unpaired) electrons. The van der Waals surface area contributed by atoms with Gasteiger partial charge in [0.15, 0.2) is 0 Å². The molecular formula is C37H44NO10P.